The second kappa shape index (κ2) is 12.7. The van der Waals surface area contributed by atoms with Gasteiger partial charge in [0, 0.05) is 5.56 Å². The molecule has 0 radical (unpaired) electrons. The number of halogens is 3. The second-order valence-electron chi connectivity index (χ2n) is 8.04. The number of phenols is 1. The van der Waals surface area contributed by atoms with Crippen molar-refractivity contribution in [3.63, 3.8) is 0 Å². The molecule has 2 aromatic carbocycles. The maximum atomic E-state index is 14.9. The molecule has 0 spiro atoms. The van der Waals surface area contributed by atoms with Gasteiger partial charge < -0.3 is 9.84 Å². The van der Waals surface area contributed by atoms with Crippen molar-refractivity contribution in [2.45, 2.75) is 31.6 Å². The third-order valence-corrected chi connectivity index (χ3v) is 5.91. The van der Waals surface area contributed by atoms with Gasteiger partial charge in [0.2, 0.25) is 0 Å². The molecule has 1 aliphatic rings. The monoisotopic (exact) mass is 468 g/mol. The quantitative estimate of drug-likeness (QED) is 0.251. The second-order valence-corrected chi connectivity index (χ2v) is 8.04. The summed E-state index contributed by atoms with van der Waals surface area (Å²) in [6.45, 7) is 13.3. The van der Waals surface area contributed by atoms with E-state index in [1.165, 1.54) is 25.3 Å². The van der Waals surface area contributed by atoms with Crippen LogP contribution in [-0.4, -0.2) is 12.2 Å². The first-order valence-electron chi connectivity index (χ1n) is 11.0. The molecule has 0 aromatic heterocycles. The van der Waals surface area contributed by atoms with Crippen molar-refractivity contribution < 1.29 is 23.0 Å². The van der Waals surface area contributed by atoms with Gasteiger partial charge in [0.25, 0.3) is 0 Å². The summed E-state index contributed by atoms with van der Waals surface area (Å²) in [7, 11) is 1.35. The summed E-state index contributed by atoms with van der Waals surface area (Å²) in [6.07, 6.45) is 8.14. The zero-order chi connectivity index (χ0) is 25.3. The van der Waals surface area contributed by atoms with Crippen LogP contribution in [-0.2, 0) is 4.74 Å². The van der Waals surface area contributed by atoms with E-state index in [-0.39, 0.29) is 28.9 Å². The Morgan fingerprint density at radius 2 is 1.59 bits per heavy atom. The fourth-order valence-electron chi connectivity index (χ4n) is 4.01. The van der Waals surface area contributed by atoms with Gasteiger partial charge in [-0.2, -0.15) is 0 Å². The van der Waals surface area contributed by atoms with Crippen LogP contribution < -0.4 is 0 Å². The Balaban J connectivity index is 0.00000199. The van der Waals surface area contributed by atoms with Crippen LogP contribution in [0.15, 0.2) is 98.1 Å². The van der Waals surface area contributed by atoms with Crippen LogP contribution in [0, 0.1) is 17.6 Å². The van der Waals surface area contributed by atoms with E-state index in [1.54, 1.807) is 30.3 Å². The third-order valence-electron chi connectivity index (χ3n) is 5.91. The average molecular weight is 469 g/mol. The van der Waals surface area contributed by atoms with Crippen molar-refractivity contribution in [3.05, 3.63) is 115 Å². The average Bonchev–Trinajstić information content (AvgIpc) is 2.86. The topological polar surface area (TPSA) is 29.5 Å². The van der Waals surface area contributed by atoms with Gasteiger partial charge >= 0.3 is 0 Å². The largest absolute Gasteiger partial charge is 0.508 e. The van der Waals surface area contributed by atoms with Gasteiger partial charge in [-0.3, -0.25) is 0 Å². The van der Waals surface area contributed by atoms with E-state index in [9.17, 15) is 18.3 Å². The van der Waals surface area contributed by atoms with Gasteiger partial charge in [0.1, 0.15) is 11.5 Å². The van der Waals surface area contributed by atoms with Crippen LogP contribution in [0.25, 0.3) is 11.1 Å². The first-order chi connectivity index (χ1) is 16.3. The molecule has 0 bridgehead atoms. The molecule has 5 heteroatoms. The molecule has 34 heavy (non-hydrogen) atoms. The van der Waals surface area contributed by atoms with Gasteiger partial charge in [0.15, 0.2) is 17.5 Å². The molecular formula is C29H31F3O2. The summed E-state index contributed by atoms with van der Waals surface area (Å²) < 4.78 is 48.1. The fourth-order valence-corrected chi connectivity index (χ4v) is 4.01. The zero-order valence-corrected chi connectivity index (χ0v) is 19.5. The Bertz CT molecular complexity index is 1060. The zero-order valence-electron chi connectivity index (χ0n) is 19.5. The van der Waals surface area contributed by atoms with Gasteiger partial charge in [-0.05, 0) is 72.4 Å². The lowest BCUT2D eigenvalue weighted by molar-refractivity contribution is 0.285. The molecule has 2 aromatic rings. The van der Waals surface area contributed by atoms with E-state index < -0.39 is 17.5 Å². The minimum atomic E-state index is -0.863. The van der Waals surface area contributed by atoms with Crippen LogP contribution in [0.1, 0.15) is 37.2 Å². The van der Waals surface area contributed by atoms with Crippen molar-refractivity contribution in [1.82, 2.24) is 0 Å². The highest BCUT2D eigenvalue weighted by Crippen LogP contribution is 2.39. The minimum absolute atomic E-state index is 0.0476. The summed E-state index contributed by atoms with van der Waals surface area (Å²) in [4.78, 5) is 0. The first kappa shape index (κ1) is 26.8. The summed E-state index contributed by atoms with van der Waals surface area (Å²) in [6, 6.07) is 9.28. The molecule has 1 fully saturated rings. The molecule has 1 N–H and O–H groups in total. The summed E-state index contributed by atoms with van der Waals surface area (Å²) in [5.74, 6) is -1.99. The highest BCUT2D eigenvalue weighted by molar-refractivity contribution is 5.65. The van der Waals surface area contributed by atoms with Gasteiger partial charge in [-0.25, -0.2) is 13.2 Å². The minimum Gasteiger partial charge on any atom is -0.508 e. The van der Waals surface area contributed by atoms with Crippen molar-refractivity contribution >= 4 is 0 Å². The Kier molecular flexibility index (Phi) is 9.99. The molecule has 0 saturated heterocycles. The predicted molar refractivity (Wildman–Crippen MR) is 133 cm³/mol. The number of rotatable bonds is 7. The maximum absolute atomic E-state index is 14.9. The van der Waals surface area contributed by atoms with E-state index in [0.717, 1.165) is 25.7 Å². The first-order valence-corrected chi connectivity index (χ1v) is 11.0. The molecule has 0 aliphatic heterocycles. The van der Waals surface area contributed by atoms with Crippen LogP contribution in [0.4, 0.5) is 13.2 Å². The van der Waals surface area contributed by atoms with Crippen LogP contribution in [0.2, 0.25) is 0 Å². The molecule has 2 nitrogen and oxygen atoms in total. The van der Waals surface area contributed by atoms with Gasteiger partial charge in [-0.1, -0.05) is 49.6 Å². The highest BCUT2D eigenvalue weighted by Gasteiger charge is 2.25. The van der Waals surface area contributed by atoms with Gasteiger partial charge in [-0.15, -0.1) is 13.2 Å². The number of allylic oxidation sites excluding steroid dienone is 5. The van der Waals surface area contributed by atoms with Crippen molar-refractivity contribution in [2.24, 2.45) is 5.92 Å². The highest BCUT2D eigenvalue weighted by atomic mass is 19.2. The number of hydrogen-bond donors (Lipinski definition) is 1. The smallest absolute Gasteiger partial charge is 0.166 e. The number of methoxy groups -OCH3 is 1. The van der Waals surface area contributed by atoms with E-state index in [0.29, 0.717) is 16.7 Å². The fraction of sp³-hybridized carbons (Fsp3) is 0.241. The standard InChI is InChI=1S/C27H27F3O2.C2H4/c1-17(16-25(28)18(2)32-3)4-5-19-6-8-20(9-7-19)23-14-15-24(27(30)26(23)29)21-10-12-22(31)13-11-21;1-2/h4-5,10-16,19-20,31H,1-2,6-9H2,3H3;1-2H2/b5-4+,25-16+;. The Hall–Kier alpha value is -3.47. The van der Waals surface area contributed by atoms with Crippen LogP contribution in [0.3, 0.4) is 0 Å². The molecule has 0 heterocycles. The van der Waals surface area contributed by atoms with E-state index in [2.05, 4.69) is 26.3 Å². The third kappa shape index (κ3) is 6.77. The summed E-state index contributed by atoms with van der Waals surface area (Å²) in [5, 5.41) is 9.40. The van der Waals surface area contributed by atoms with Gasteiger partial charge in [0.05, 0.1) is 7.11 Å². The number of benzene rings is 2. The molecule has 180 valence electrons. The van der Waals surface area contributed by atoms with Crippen molar-refractivity contribution in [1.29, 1.82) is 0 Å². The predicted octanol–water partition coefficient (Wildman–Crippen LogP) is 8.54. The molecule has 3 rings (SSSR count). The molecule has 0 unspecified atom stereocenters. The number of hydrogen-bond acceptors (Lipinski definition) is 2. The lowest BCUT2D eigenvalue weighted by atomic mass is 9.78. The molecule has 1 saturated carbocycles. The maximum Gasteiger partial charge on any atom is 0.166 e. The molecular weight excluding hydrogens is 437 g/mol. The number of aromatic hydroxyl groups is 1. The Labute approximate surface area is 200 Å². The number of ether oxygens (including phenoxy) is 1. The molecule has 0 amide bonds. The lowest BCUT2D eigenvalue weighted by Gasteiger charge is -2.27. The van der Waals surface area contributed by atoms with Crippen molar-refractivity contribution in [2.75, 3.05) is 7.11 Å². The van der Waals surface area contributed by atoms with E-state index in [4.69, 9.17) is 4.74 Å². The van der Waals surface area contributed by atoms with E-state index in [1.807, 2.05) is 6.08 Å². The number of phenolic OH excluding ortho intramolecular Hbond substituents is 1. The van der Waals surface area contributed by atoms with Crippen molar-refractivity contribution in [3.8, 4) is 16.9 Å². The molecule has 0 atom stereocenters. The Morgan fingerprint density at radius 3 is 2.18 bits per heavy atom. The SMILES string of the molecule is C=C.C=C(/C=C/C1CCC(c2ccc(-c3ccc(O)cc3)c(F)c2F)CC1)/C=C(/F)C(=C)OC. The summed E-state index contributed by atoms with van der Waals surface area (Å²) >= 11 is 0. The summed E-state index contributed by atoms with van der Waals surface area (Å²) in [5.41, 5.74) is 1.60. The van der Waals surface area contributed by atoms with E-state index >= 15 is 0 Å². The lowest BCUT2D eigenvalue weighted by Crippen LogP contribution is -2.13. The van der Waals surface area contributed by atoms with Crippen LogP contribution in [0.5, 0.6) is 5.75 Å². The Morgan fingerprint density at radius 1 is 0.971 bits per heavy atom. The molecule has 1 aliphatic carbocycles. The normalized spacial score (nSPS) is 18.2. The van der Waals surface area contributed by atoms with Crippen LogP contribution >= 0.6 is 0 Å².